The Balaban J connectivity index is 1.99. The molecule has 11 heteroatoms. The van der Waals surface area contributed by atoms with Crippen LogP contribution in [0.2, 0.25) is 10.0 Å². The molecule has 0 aliphatic carbocycles. The molecule has 0 radical (unpaired) electrons. The summed E-state index contributed by atoms with van der Waals surface area (Å²) in [5.74, 6) is -0.392. The summed E-state index contributed by atoms with van der Waals surface area (Å²) in [5, 5.41) is 3.81. The Bertz CT molecular complexity index is 1380. The topological polar surface area (TPSA) is 96.0 Å². The van der Waals surface area contributed by atoms with Crippen molar-refractivity contribution >= 4 is 50.7 Å². The monoisotopic (exact) mass is 605 g/mol. The number of hydrogen-bond donors (Lipinski definition) is 1. The molecule has 3 aromatic rings. The summed E-state index contributed by atoms with van der Waals surface area (Å²) in [7, 11) is -2.71. The number of sulfonamides is 1. The van der Waals surface area contributed by atoms with Crippen molar-refractivity contribution in [2.24, 2.45) is 0 Å². The van der Waals surface area contributed by atoms with E-state index in [4.69, 9.17) is 27.9 Å². The third-order valence-electron chi connectivity index (χ3n) is 6.30. The summed E-state index contributed by atoms with van der Waals surface area (Å²) in [4.78, 5) is 28.2. The number of nitrogens with one attached hydrogen (secondary N) is 1. The molecule has 0 aliphatic heterocycles. The van der Waals surface area contributed by atoms with Gasteiger partial charge in [0.15, 0.2) is 0 Å². The van der Waals surface area contributed by atoms with Crippen LogP contribution >= 0.6 is 23.2 Å². The molecule has 0 aliphatic rings. The fourth-order valence-corrected chi connectivity index (χ4v) is 5.58. The first-order valence-electron chi connectivity index (χ1n) is 12.8. The molecule has 3 rings (SSSR count). The number of halogens is 2. The van der Waals surface area contributed by atoms with Crippen LogP contribution in [0.25, 0.3) is 0 Å². The average molecular weight is 607 g/mol. The molecule has 0 saturated heterocycles. The van der Waals surface area contributed by atoms with Crippen molar-refractivity contribution in [2.45, 2.75) is 44.2 Å². The van der Waals surface area contributed by atoms with Crippen LogP contribution in [-0.4, -0.2) is 51.4 Å². The van der Waals surface area contributed by atoms with Crippen LogP contribution in [-0.2, 0) is 26.2 Å². The van der Waals surface area contributed by atoms with Crippen molar-refractivity contribution in [3.05, 3.63) is 88.4 Å². The number of anilines is 1. The number of unbranched alkanes of at least 4 members (excludes halogenated alkanes) is 1. The number of nitrogens with zero attached hydrogens (tertiary/aromatic N) is 2. The van der Waals surface area contributed by atoms with Crippen molar-refractivity contribution in [3.8, 4) is 5.75 Å². The van der Waals surface area contributed by atoms with Gasteiger partial charge in [0.25, 0.3) is 10.0 Å². The highest BCUT2D eigenvalue weighted by Crippen LogP contribution is 2.27. The van der Waals surface area contributed by atoms with Gasteiger partial charge in [0.1, 0.15) is 18.3 Å². The highest BCUT2D eigenvalue weighted by Gasteiger charge is 2.32. The van der Waals surface area contributed by atoms with Crippen molar-refractivity contribution in [2.75, 3.05) is 24.5 Å². The van der Waals surface area contributed by atoms with E-state index in [1.54, 1.807) is 43.3 Å². The average Bonchev–Trinajstić information content (AvgIpc) is 2.95. The maximum absolute atomic E-state index is 13.9. The van der Waals surface area contributed by atoms with Crippen LogP contribution in [0.3, 0.4) is 0 Å². The van der Waals surface area contributed by atoms with Crippen LogP contribution in [0.4, 0.5) is 5.69 Å². The molecule has 1 N–H and O–H groups in total. The minimum atomic E-state index is -4.19. The van der Waals surface area contributed by atoms with E-state index in [2.05, 4.69) is 5.32 Å². The van der Waals surface area contributed by atoms with Gasteiger partial charge in [-0.2, -0.15) is 0 Å². The second-order valence-electron chi connectivity index (χ2n) is 9.13. The second-order valence-corrected chi connectivity index (χ2v) is 11.9. The first-order chi connectivity index (χ1) is 19.1. The summed E-state index contributed by atoms with van der Waals surface area (Å²) in [6.07, 6.45) is 1.70. The zero-order valence-electron chi connectivity index (χ0n) is 22.6. The molecule has 8 nitrogen and oxygen atoms in total. The molecule has 0 fully saturated rings. The van der Waals surface area contributed by atoms with E-state index in [1.165, 1.54) is 48.4 Å². The predicted octanol–water partition coefficient (Wildman–Crippen LogP) is 5.53. The van der Waals surface area contributed by atoms with Gasteiger partial charge in [-0.15, -0.1) is 0 Å². The van der Waals surface area contributed by atoms with Crippen LogP contribution in [0, 0.1) is 0 Å². The van der Waals surface area contributed by atoms with Crippen LogP contribution < -0.4 is 14.4 Å². The lowest BCUT2D eigenvalue weighted by Crippen LogP contribution is -2.51. The molecular weight excluding hydrogens is 573 g/mol. The van der Waals surface area contributed by atoms with Gasteiger partial charge in [-0.1, -0.05) is 48.7 Å². The van der Waals surface area contributed by atoms with Crippen molar-refractivity contribution in [3.63, 3.8) is 0 Å². The Kier molecular flexibility index (Phi) is 11.2. The minimum Gasteiger partial charge on any atom is -0.497 e. The van der Waals surface area contributed by atoms with Crippen LogP contribution in [0.5, 0.6) is 5.75 Å². The smallest absolute Gasteiger partial charge is 0.264 e. The SMILES string of the molecule is CCCCNC(=O)[C@@H](C)N(Cc1ccc(Cl)cc1)C(=O)CN(c1ccc(Cl)cc1)S(=O)(=O)c1ccc(OC)cc1. The molecule has 0 bridgehead atoms. The van der Waals surface area contributed by atoms with Crippen LogP contribution in [0.1, 0.15) is 32.3 Å². The number of amides is 2. The lowest BCUT2D eigenvalue weighted by Gasteiger charge is -2.32. The molecule has 40 heavy (non-hydrogen) atoms. The Morgan fingerprint density at radius 2 is 1.50 bits per heavy atom. The van der Waals surface area contributed by atoms with E-state index < -0.39 is 28.5 Å². The maximum atomic E-state index is 13.9. The summed E-state index contributed by atoms with van der Waals surface area (Å²) < 4.78 is 33.8. The van der Waals surface area contributed by atoms with Crippen molar-refractivity contribution < 1.29 is 22.7 Å². The van der Waals surface area contributed by atoms with Gasteiger partial charge in [-0.05, 0) is 79.6 Å². The quantitative estimate of drug-likeness (QED) is 0.258. The van der Waals surface area contributed by atoms with Gasteiger partial charge in [0.2, 0.25) is 11.8 Å². The number of ether oxygens (including phenoxy) is 1. The Morgan fingerprint density at radius 3 is 2.05 bits per heavy atom. The fraction of sp³-hybridized carbons (Fsp3) is 0.310. The number of hydrogen-bond acceptors (Lipinski definition) is 5. The van der Waals surface area contributed by atoms with Crippen molar-refractivity contribution in [1.82, 2.24) is 10.2 Å². The van der Waals surface area contributed by atoms with E-state index in [1.807, 2.05) is 6.92 Å². The molecule has 0 heterocycles. The normalized spacial score (nSPS) is 11.9. The van der Waals surface area contributed by atoms with E-state index in [0.29, 0.717) is 22.3 Å². The van der Waals surface area contributed by atoms with Gasteiger partial charge >= 0.3 is 0 Å². The molecule has 214 valence electrons. The Labute approximate surface area is 245 Å². The molecule has 3 aromatic carbocycles. The summed E-state index contributed by atoms with van der Waals surface area (Å²) in [6, 6.07) is 18.1. The molecule has 0 unspecified atom stereocenters. The van der Waals surface area contributed by atoms with Gasteiger partial charge in [0.05, 0.1) is 17.7 Å². The standard InChI is InChI=1S/C29H33Cl2N3O5S/c1-4-5-18-32-29(36)21(2)33(19-22-6-8-23(30)9-7-22)28(35)20-34(25-12-10-24(31)11-13-25)40(37,38)27-16-14-26(39-3)15-17-27/h6-17,21H,4-5,18-20H2,1-3H3,(H,32,36)/t21-/m1/s1. The predicted molar refractivity (Wildman–Crippen MR) is 158 cm³/mol. The Morgan fingerprint density at radius 1 is 0.925 bits per heavy atom. The lowest BCUT2D eigenvalue weighted by atomic mass is 10.1. The van der Waals surface area contributed by atoms with E-state index >= 15 is 0 Å². The molecular formula is C29H33Cl2N3O5S. The molecule has 1 atom stereocenters. The van der Waals surface area contributed by atoms with Gasteiger partial charge < -0.3 is 15.0 Å². The Hall–Kier alpha value is -3.27. The molecule has 0 aromatic heterocycles. The minimum absolute atomic E-state index is 0.0225. The zero-order chi connectivity index (χ0) is 29.3. The zero-order valence-corrected chi connectivity index (χ0v) is 25.0. The molecule has 2 amide bonds. The first kappa shape index (κ1) is 31.3. The number of rotatable bonds is 13. The summed E-state index contributed by atoms with van der Waals surface area (Å²) >= 11 is 12.1. The third kappa shape index (κ3) is 8.13. The van der Waals surface area contributed by atoms with Crippen molar-refractivity contribution in [1.29, 1.82) is 0 Å². The maximum Gasteiger partial charge on any atom is 0.264 e. The van der Waals surface area contributed by atoms with Gasteiger partial charge in [-0.25, -0.2) is 8.42 Å². The largest absolute Gasteiger partial charge is 0.497 e. The molecule has 0 saturated carbocycles. The number of methoxy groups -OCH3 is 1. The summed E-state index contributed by atoms with van der Waals surface area (Å²) in [5.41, 5.74) is 0.988. The van der Waals surface area contributed by atoms with E-state index in [-0.39, 0.29) is 23.0 Å². The third-order valence-corrected chi connectivity index (χ3v) is 8.60. The highest BCUT2D eigenvalue weighted by atomic mass is 35.5. The van der Waals surface area contributed by atoms with Gasteiger partial charge in [-0.3, -0.25) is 13.9 Å². The van der Waals surface area contributed by atoms with Gasteiger partial charge in [0, 0.05) is 23.1 Å². The number of carbonyl (C=O) groups excluding carboxylic acids is 2. The van der Waals surface area contributed by atoms with Crippen LogP contribution in [0.15, 0.2) is 77.7 Å². The fourth-order valence-electron chi connectivity index (χ4n) is 3.92. The van der Waals surface area contributed by atoms with E-state index in [0.717, 1.165) is 22.7 Å². The number of carbonyl (C=O) groups is 2. The first-order valence-corrected chi connectivity index (χ1v) is 15.0. The lowest BCUT2D eigenvalue weighted by molar-refractivity contribution is -0.139. The highest BCUT2D eigenvalue weighted by molar-refractivity contribution is 7.92. The second kappa shape index (κ2) is 14.4. The number of benzene rings is 3. The summed E-state index contributed by atoms with van der Waals surface area (Å²) in [6.45, 7) is 3.65. The molecule has 0 spiro atoms. The van der Waals surface area contributed by atoms with E-state index in [9.17, 15) is 18.0 Å².